The Kier molecular flexibility index (Phi) is 5.47. The second kappa shape index (κ2) is 8.93. The fourth-order valence-corrected chi connectivity index (χ4v) is 5.33. The van der Waals surface area contributed by atoms with Gasteiger partial charge in [-0.3, -0.25) is 9.69 Å². The molecule has 174 valence electrons. The van der Waals surface area contributed by atoms with Crippen LogP contribution in [0.3, 0.4) is 0 Å². The van der Waals surface area contributed by atoms with E-state index in [1.54, 1.807) is 7.11 Å². The van der Waals surface area contributed by atoms with Crippen molar-refractivity contribution in [3.63, 3.8) is 0 Å². The number of methoxy groups -OCH3 is 1. The first-order valence-electron chi connectivity index (χ1n) is 12.0. The maximum atomic E-state index is 13.3. The summed E-state index contributed by atoms with van der Waals surface area (Å²) in [5.41, 5.74) is 5.62. The van der Waals surface area contributed by atoms with Gasteiger partial charge in [-0.15, -0.1) is 0 Å². The topological polar surface area (TPSA) is 57.4 Å². The van der Waals surface area contributed by atoms with Crippen molar-refractivity contribution in [2.45, 2.75) is 12.5 Å². The van der Waals surface area contributed by atoms with Crippen molar-refractivity contribution >= 4 is 33.3 Å². The van der Waals surface area contributed by atoms with E-state index in [4.69, 9.17) is 4.74 Å². The van der Waals surface area contributed by atoms with Gasteiger partial charge in [0.1, 0.15) is 5.75 Å². The Balaban J connectivity index is 1.34. The van der Waals surface area contributed by atoms with E-state index in [-0.39, 0.29) is 11.9 Å². The molecular formula is C30H27N3O2. The number of hydrogen-bond acceptors (Lipinski definition) is 3. The molecule has 35 heavy (non-hydrogen) atoms. The molecule has 5 heteroatoms. The molecule has 0 spiro atoms. The summed E-state index contributed by atoms with van der Waals surface area (Å²) in [4.78, 5) is 19.2. The predicted octanol–water partition coefficient (Wildman–Crippen LogP) is 5.92. The minimum Gasteiger partial charge on any atom is -0.497 e. The van der Waals surface area contributed by atoms with E-state index < -0.39 is 0 Å². The van der Waals surface area contributed by atoms with Crippen molar-refractivity contribution in [1.82, 2.24) is 9.88 Å². The van der Waals surface area contributed by atoms with Crippen LogP contribution >= 0.6 is 0 Å². The molecule has 2 N–H and O–H groups in total. The van der Waals surface area contributed by atoms with Crippen molar-refractivity contribution in [1.29, 1.82) is 0 Å². The summed E-state index contributed by atoms with van der Waals surface area (Å²) in [6.45, 7) is 1.10. The van der Waals surface area contributed by atoms with Gasteiger partial charge in [0.15, 0.2) is 0 Å². The minimum absolute atomic E-state index is 0.0144. The molecule has 0 fully saturated rings. The van der Waals surface area contributed by atoms with Gasteiger partial charge in [-0.1, -0.05) is 66.7 Å². The van der Waals surface area contributed by atoms with Gasteiger partial charge in [0.05, 0.1) is 19.7 Å². The van der Waals surface area contributed by atoms with E-state index >= 15 is 0 Å². The molecular weight excluding hydrogens is 434 g/mol. The monoisotopic (exact) mass is 461 g/mol. The van der Waals surface area contributed by atoms with Crippen molar-refractivity contribution in [3.8, 4) is 5.75 Å². The molecule has 2 heterocycles. The van der Waals surface area contributed by atoms with Gasteiger partial charge in [-0.2, -0.15) is 0 Å². The lowest BCUT2D eigenvalue weighted by atomic mass is 9.92. The summed E-state index contributed by atoms with van der Waals surface area (Å²) in [5, 5.41) is 6.59. The minimum atomic E-state index is -0.0460. The maximum absolute atomic E-state index is 13.3. The number of rotatable bonds is 5. The van der Waals surface area contributed by atoms with Gasteiger partial charge in [0.25, 0.3) is 0 Å². The number of H-pyrrole nitrogens is 1. The molecule has 4 aromatic carbocycles. The zero-order valence-electron chi connectivity index (χ0n) is 19.6. The number of aromatic amines is 1. The molecule has 1 aliphatic rings. The second-order valence-electron chi connectivity index (χ2n) is 9.03. The third-order valence-electron chi connectivity index (χ3n) is 6.98. The van der Waals surface area contributed by atoms with Crippen LogP contribution < -0.4 is 10.1 Å². The first kappa shape index (κ1) is 21.4. The van der Waals surface area contributed by atoms with E-state index in [0.29, 0.717) is 6.54 Å². The Morgan fingerprint density at radius 3 is 2.51 bits per heavy atom. The fraction of sp³-hybridized carbons (Fsp3) is 0.167. The molecule has 1 atom stereocenters. The molecule has 1 aromatic heterocycles. The molecule has 0 bridgehead atoms. The quantitative estimate of drug-likeness (QED) is 0.342. The van der Waals surface area contributed by atoms with Crippen molar-refractivity contribution in [2.75, 3.05) is 25.5 Å². The van der Waals surface area contributed by atoms with Crippen LogP contribution in [0.1, 0.15) is 22.9 Å². The molecule has 5 nitrogen and oxygen atoms in total. The first-order chi connectivity index (χ1) is 17.2. The molecule has 1 aliphatic heterocycles. The highest BCUT2D eigenvalue weighted by molar-refractivity contribution is 6.02. The molecule has 0 saturated carbocycles. The van der Waals surface area contributed by atoms with E-state index in [1.165, 1.54) is 16.6 Å². The molecule has 0 saturated heterocycles. The standard InChI is InChI=1S/C30H27N3O2/c1-35-22-15-13-21(14-16-22)30-29-25(24-10-4-5-11-27(24)32-29)17-18-33(30)19-28(34)31-26-12-6-8-20-7-2-3-9-23(20)26/h2-16,30,32H,17-19H2,1H3,(H,31,34). The fourth-order valence-electron chi connectivity index (χ4n) is 5.33. The van der Waals surface area contributed by atoms with Crippen molar-refractivity contribution in [3.05, 3.63) is 108 Å². The van der Waals surface area contributed by atoms with Gasteiger partial charge in [-0.05, 0) is 47.2 Å². The summed E-state index contributed by atoms with van der Waals surface area (Å²) >= 11 is 0. The average Bonchev–Trinajstić information content (AvgIpc) is 3.27. The zero-order valence-corrected chi connectivity index (χ0v) is 19.6. The highest BCUT2D eigenvalue weighted by Crippen LogP contribution is 2.38. The number of nitrogens with one attached hydrogen (secondary N) is 2. The molecule has 0 radical (unpaired) electrons. The van der Waals surface area contributed by atoms with Crippen LogP contribution in [-0.2, 0) is 11.2 Å². The number of anilines is 1. The summed E-state index contributed by atoms with van der Waals surface area (Å²) < 4.78 is 5.38. The number of para-hydroxylation sites is 1. The number of carbonyl (C=O) groups excluding carboxylic acids is 1. The number of amides is 1. The number of nitrogens with zero attached hydrogens (tertiary/aromatic N) is 1. The molecule has 0 aliphatic carbocycles. The summed E-state index contributed by atoms with van der Waals surface area (Å²) in [6, 6.07) is 30.7. The van der Waals surface area contributed by atoms with Gasteiger partial charge >= 0.3 is 0 Å². The summed E-state index contributed by atoms with van der Waals surface area (Å²) in [6.07, 6.45) is 0.896. The van der Waals surface area contributed by atoms with Crippen LogP contribution in [0.4, 0.5) is 5.69 Å². The largest absolute Gasteiger partial charge is 0.497 e. The lowest BCUT2D eigenvalue weighted by Crippen LogP contribution is -2.41. The lowest BCUT2D eigenvalue weighted by Gasteiger charge is -2.35. The Hall–Kier alpha value is -4.09. The lowest BCUT2D eigenvalue weighted by molar-refractivity contribution is -0.117. The maximum Gasteiger partial charge on any atom is 0.238 e. The van der Waals surface area contributed by atoms with Gasteiger partial charge in [0.2, 0.25) is 5.91 Å². The van der Waals surface area contributed by atoms with E-state index in [9.17, 15) is 4.79 Å². The molecule has 5 aromatic rings. The van der Waals surface area contributed by atoms with Gasteiger partial charge < -0.3 is 15.0 Å². The van der Waals surface area contributed by atoms with E-state index in [0.717, 1.165) is 46.3 Å². The SMILES string of the molecule is COc1ccc(C2c3[nH]c4ccccc4c3CCN2CC(=O)Nc2cccc3ccccc23)cc1. The number of ether oxygens (including phenoxy) is 1. The number of aromatic nitrogens is 1. The Bertz CT molecular complexity index is 1520. The highest BCUT2D eigenvalue weighted by Gasteiger charge is 2.32. The zero-order chi connectivity index (χ0) is 23.8. The number of fused-ring (bicyclic) bond motifs is 4. The van der Waals surface area contributed by atoms with E-state index in [2.05, 4.69) is 63.7 Å². The molecule has 1 amide bonds. The average molecular weight is 462 g/mol. The second-order valence-corrected chi connectivity index (χ2v) is 9.03. The highest BCUT2D eigenvalue weighted by atomic mass is 16.5. The van der Waals surface area contributed by atoms with Crippen LogP contribution in [0.25, 0.3) is 21.7 Å². The van der Waals surface area contributed by atoms with Gasteiger partial charge in [0, 0.05) is 34.2 Å². The van der Waals surface area contributed by atoms with Crippen molar-refractivity contribution < 1.29 is 9.53 Å². The Morgan fingerprint density at radius 1 is 0.943 bits per heavy atom. The normalized spacial score (nSPS) is 15.7. The van der Waals surface area contributed by atoms with Crippen LogP contribution in [0, 0.1) is 0 Å². The number of carbonyl (C=O) groups is 1. The van der Waals surface area contributed by atoms with E-state index in [1.807, 2.05) is 42.5 Å². The van der Waals surface area contributed by atoms with Crippen LogP contribution in [0.5, 0.6) is 5.75 Å². The summed E-state index contributed by atoms with van der Waals surface area (Å²) in [7, 11) is 1.68. The Labute approximate surface area is 204 Å². The third-order valence-corrected chi connectivity index (χ3v) is 6.98. The Morgan fingerprint density at radius 2 is 1.69 bits per heavy atom. The van der Waals surface area contributed by atoms with Crippen LogP contribution in [0.2, 0.25) is 0 Å². The first-order valence-corrected chi connectivity index (χ1v) is 12.0. The molecule has 1 unspecified atom stereocenters. The van der Waals surface area contributed by atoms with Crippen LogP contribution in [0.15, 0.2) is 91.0 Å². The van der Waals surface area contributed by atoms with Gasteiger partial charge in [-0.25, -0.2) is 0 Å². The summed E-state index contributed by atoms with van der Waals surface area (Å²) in [5.74, 6) is 0.807. The number of benzene rings is 4. The predicted molar refractivity (Wildman–Crippen MR) is 141 cm³/mol. The van der Waals surface area contributed by atoms with Crippen LogP contribution in [-0.4, -0.2) is 36.0 Å². The third kappa shape index (κ3) is 3.94. The van der Waals surface area contributed by atoms with Crippen molar-refractivity contribution in [2.24, 2.45) is 0 Å². The molecule has 6 rings (SSSR count). The number of hydrogen-bond donors (Lipinski definition) is 2. The smallest absolute Gasteiger partial charge is 0.238 e.